The summed E-state index contributed by atoms with van der Waals surface area (Å²) in [7, 11) is 0. The highest BCUT2D eigenvalue weighted by Gasteiger charge is 2.43. The van der Waals surface area contributed by atoms with Gasteiger partial charge in [-0.2, -0.15) is 0 Å². The number of aromatic amines is 1. The number of carbonyl (C=O) groups excluding carboxylic acids is 3. The SMILES string of the molecule is Cc1c[nH]c2ncc(-c3cc4c(c([C@@H]5COCCN5C(=O)OC(C)(C)C)c3)CN(C(=O)N3CC5CCC3CC5=O)CC4)cc12. The van der Waals surface area contributed by atoms with Gasteiger partial charge in [0.25, 0.3) is 0 Å². The minimum Gasteiger partial charge on any atom is -0.444 e. The molecule has 3 amide bonds. The molecule has 4 fully saturated rings. The van der Waals surface area contributed by atoms with Crippen molar-refractivity contribution in [2.24, 2.45) is 5.92 Å². The smallest absolute Gasteiger partial charge is 0.410 e. The Morgan fingerprint density at radius 1 is 1.09 bits per heavy atom. The van der Waals surface area contributed by atoms with Gasteiger partial charge in [-0.1, -0.05) is 6.07 Å². The number of nitrogens with zero attached hydrogens (tertiary/aromatic N) is 4. The number of piperidine rings is 2. The quantitative estimate of drug-likeness (QED) is 0.424. The fourth-order valence-corrected chi connectivity index (χ4v) is 7.34. The molecular formula is C34H41N5O5. The van der Waals surface area contributed by atoms with Crippen LogP contribution in [0.25, 0.3) is 22.2 Å². The van der Waals surface area contributed by atoms with E-state index in [1.807, 2.05) is 43.0 Å². The molecule has 6 heterocycles. The Balaban J connectivity index is 1.27. The molecule has 44 heavy (non-hydrogen) atoms. The zero-order valence-electron chi connectivity index (χ0n) is 26.0. The van der Waals surface area contributed by atoms with Crippen LogP contribution in [0.1, 0.15) is 68.3 Å². The summed E-state index contributed by atoms with van der Waals surface area (Å²) < 4.78 is 11.8. The number of rotatable bonds is 2. The number of ketones is 1. The first-order chi connectivity index (χ1) is 21.1. The highest BCUT2D eigenvalue weighted by molar-refractivity contribution is 5.87. The average molecular weight is 600 g/mol. The van der Waals surface area contributed by atoms with Crippen LogP contribution in [0.2, 0.25) is 0 Å². The van der Waals surface area contributed by atoms with Gasteiger partial charge in [-0.15, -0.1) is 0 Å². The molecule has 0 radical (unpaired) electrons. The number of benzene rings is 1. The second-order valence-electron chi connectivity index (χ2n) is 13.8. The van der Waals surface area contributed by atoms with E-state index in [2.05, 4.69) is 35.1 Å². The van der Waals surface area contributed by atoms with E-state index in [4.69, 9.17) is 9.47 Å². The molecule has 1 saturated carbocycles. The number of aryl methyl sites for hydroxylation is 1. The number of pyridine rings is 1. The van der Waals surface area contributed by atoms with Gasteiger partial charge < -0.3 is 24.3 Å². The maximum Gasteiger partial charge on any atom is 0.410 e. The summed E-state index contributed by atoms with van der Waals surface area (Å²) in [4.78, 5) is 53.3. The molecule has 8 rings (SSSR count). The molecule has 2 bridgehead atoms. The summed E-state index contributed by atoms with van der Waals surface area (Å²) in [6, 6.07) is 6.17. The van der Waals surface area contributed by atoms with Crippen molar-refractivity contribution in [3.05, 3.63) is 52.8 Å². The molecule has 1 N–H and O–H groups in total. The molecule has 2 unspecified atom stereocenters. The fraction of sp³-hybridized carbons (Fsp3) is 0.529. The van der Waals surface area contributed by atoms with Crippen molar-refractivity contribution < 1.29 is 23.9 Å². The van der Waals surface area contributed by atoms with Gasteiger partial charge in [-0.25, -0.2) is 14.6 Å². The summed E-state index contributed by atoms with van der Waals surface area (Å²) in [6.07, 6.45) is 6.43. The van der Waals surface area contributed by atoms with E-state index >= 15 is 0 Å². The molecule has 5 aliphatic rings. The first-order valence-electron chi connectivity index (χ1n) is 15.8. The number of H-pyrrole nitrogens is 1. The van der Waals surface area contributed by atoms with Crippen molar-refractivity contribution in [3.63, 3.8) is 0 Å². The Labute approximate surface area is 257 Å². The topological polar surface area (TPSA) is 108 Å². The number of carbonyl (C=O) groups is 3. The lowest BCUT2D eigenvalue weighted by Gasteiger charge is -2.46. The van der Waals surface area contributed by atoms with Gasteiger partial charge in [0.2, 0.25) is 0 Å². The summed E-state index contributed by atoms with van der Waals surface area (Å²) >= 11 is 0. The van der Waals surface area contributed by atoms with E-state index in [0.717, 1.165) is 57.3 Å². The molecule has 2 aromatic heterocycles. The number of aromatic nitrogens is 2. The third-order valence-corrected chi connectivity index (χ3v) is 9.68. The number of morpholine rings is 1. The van der Waals surface area contributed by atoms with Crippen molar-refractivity contribution in [2.45, 2.75) is 77.6 Å². The molecule has 10 nitrogen and oxygen atoms in total. The number of hydrogen-bond acceptors (Lipinski definition) is 6. The number of urea groups is 1. The minimum atomic E-state index is -0.630. The lowest BCUT2D eigenvalue weighted by Crippen LogP contribution is -2.58. The Kier molecular flexibility index (Phi) is 7.15. The van der Waals surface area contributed by atoms with Crippen LogP contribution in [-0.2, 0) is 27.2 Å². The molecule has 0 spiro atoms. The number of hydrogen-bond donors (Lipinski definition) is 1. The first-order valence-corrected chi connectivity index (χ1v) is 15.8. The number of nitrogens with one attached hydrogen (secondary N) is 1. The van der Waals surface area contributed by atoms with E-state index in [1.54, 1.807) is 4.90 Å². The van der Waals surface area contributed by atoms with Gasteiger partial charge in [0.1, 0.15) is 17.0 Å². The highest BCUT2D eigenvalue weighted by Crippen LogP contribution is 2.39. The number of ether oxygens (including phenoxy) is 2. The molecule has 10 heteroatoms. The molecular weight excluding hydrogens is 558 g/mol. The Bertz CT molecular complexity index is 1640. The third-order valence-electron chi connectivity index (χ3n) is 9.68. The van der Waals surface area contributed by atoms with E-state index in [1.165, 1.54) is 0 Å². The van der Waals surface area contributed by atoms with Crippen LogP contribution in [0.4, 0.5) is 9.59 Å². The Morgan fingerprint density at radius 2 is 1.93 bits per heavy atom. The van der Waals surface area contributed by atoms with Crippen molar-refractivity contribution >= 4 is 28.9 Å². The van der Waals surface area contributed by atoms with Crippen LogP contribution in [0.15, 0.2) is 30.6 Å². The van der Waals surface area contributed by atoms with Crippen LogP contribution in [0, 0.1) is 12.8 Å². The predicted octanol–water partition coefficient (Wildman–Crippen LogP) is 5.38. The predicted molar refractivity (Wildman–Crippen MR) is 165 cm³/mol. The molecule has 3 saturated heterocycles. The standard InChI is InChI=1S/C34H41N5O5/c1-20-15-35-31-26(20)13-24(16-36-31)23-11-21-7-8-37(32(41)39-17-22-5-6-25(39)14-30(22)40)18-28(21)27(12-23)29-19-43-10-9-38(29)33(42)44-34(2,3)4/h11-13,15-16,22,25,29H,5-10,14,17-19H2,1-4H3,(H,35,36)/t22?,25?,29-/m0/s1. The van der Waals surface area contributed by atoms with E-state index in [9.17, 15) is 14.4 Å². The zero-order chi connectivity index (χ0) is 30.7. The summed E-state index contributed by atoms with van der Waals surface area (Å²) in [5, 5.41) is 1.07. The maximum absolute atomic E-state index is 13.9. The van der Waals surface area contributed by atoms with E-state index < -0.39 is 5.60 Å². The molecule has 3 aromatic rings. The van der Waals surface area contributed by atoms with Crippen molar-refractivity contribution in [2.75, 3.05) is 32.8 Å². The van der Waals surface area contributed by atoms with Gasteiger partial charge >= 0.3 is 12.1 Å². The van der Waals surface area contributed by atoms with Gasteiger partial charge in [0, 0.05) is 67.9 Å². The van der Waals surface area contributed by atoms with E-state index in [0.29, 0.717) is 58.0 Å². The molecule has 232 valence electrons. The summed E-state index contributed by atoms with van der Waals surface area (Å²) in [5.74, 6) is 0.265. The van der Waals surface area contributed by atoms with Gasteiger partial charge in [-0.3, -0.25) is 9.69 Å². The Hall–Kier alpha value is -3.92. The fourth-order valence-electron chi connectivity index (χ4n) is 7.34. The van der Waals surface area contributed by atoms with E-state index in [-0.39, 0.29) is 30.1 Å². The second-order valence-corrected chi connectivity index (χ2v) is 13.8. The largest absolute Gasteiger partial charge is 0.444 e. The molecule has 1 aromatic carbocycles. The van der Waals surface area contributed by atoms with Crippen LogP contribution >= 0.6 is 0 Å². The van der Waals surface area contributed by atoms with Gasteiger partial charge in [-0.05, 0) is 86.9 Å². The van der Waals surface area contributed by atoms with Crippen molar-refractivity contribution in [3.8, 4) is 11.1 Å². The van der Waals surface area contributed by atoms with Crippen molar-refractivity contribution in [1.82, 2.24) is 24.7 Å². The van der Waals surface area contributed by atoms with Gasteiger partial charge in [0.15, 0.2) is 0 Å². The second kappa shape index (κ2) is 10.9. The first kappa shape index (κ1) is 28.8. The Morgan fingerprint density at radius 3 is 2.68 bits per heavy atom. The van der Waals surface area contributed by atoms with Crippen LogP contribution in [-0.4, -0.2) is 87.1 Å². The normalized spacial score (nSPS) is 23.7. The summed E-state index contributed by atoms with van der Waals surface area (Å²) in [5.41, 5.74) is 6.57. The van der Waals surface area contributed by atoms with Crippen LogP contribution in [0.3, 0.4) is 0 Å². The monoisotopic (exact) mass is 599 g/mol. The molecule has 4 aliphatic heterocycles. The average Bonchev–Trinajstić information content (AvgIpc) is 3.39. The highest BCUT2D eigenvalue weighted by atomic mass is 16.6. The van der Waals surface area contributed by atoms with Gasteiger partial charge in [0.05, 0.1) is 19.3 Å². The summed E-state index contributed by atoms with van der Waals surface area (Å²) in [6.45, 7) is 10.5. The van der Waals surface area contributed by atoms with Crippen LogP contribution < -0.4 is 0 Å². The molecule has 1 aliphatic carbocycles. The lowest BCUT2D eigenvalue weighted by molar-refractivity contribution is -0.131. The number of amides is 3. The third kappa shape index (κ3) is 5.23. The number of Topliss-reactive ketones (excluding diaryl/α,β-unsaturated/α-hetero) is 1. The van der Waals surface area contributed by atoms with Crippen molar-refractivity contribution in [1.29, 1.82) is 0 Å². The van der Waals surface area contributed by atoms with Crippen LogP contribution in [0.5, 0.6) is 0 Å². The number of fused-ring (bicyclic) bond motifs is 5. The lowest BCUT2D eigenvalue weighted by atomic mass is 9.79. The maximum atomic E-state index is 13.9. The minimum absolute atomic E-state index is 0.00282. The molecule has 3 atom stereocenters. The zero-order valence-corrected chi connectivity index (χ0v) is 26.0.